The summed E-state index contributed by atoms with van der Waals surface area (Å²) in [6.45, 7) is 4.73. The summed E-state index contributed by atoms with van der Waals surface area (Å²) in [5.74, 6) is 0.334. The summed E-state index contributed by atoms with van der Waals surface area (Å²) in [4.78, 5) is 9.71. The second-order valence-corrected chi connectivity index (χ2v) is 5.18. The van der Waals surface area contributed by atoms with Gasteiger partial charge < -0.3 is 10.1 Å². The maximum Gasteiger partial charge on any atom is 0.125 e. The maximum atomic E-state index is 10.1. The van der Waals surface area contributed by atoms with Crippen molar-refractivity contribution in [1.29, 1.82) is 0 Å². The Morgan fingerprint density at radius 3 is 2.86 bits per heavy atom. The van der Waals surface area contributed by atoms with Gasteiger partial charge in [0, 0.05) is 42.6 Å². The molecule has 0 unspecified atom stereocenters. The molecule has 2 heterocycles. The van der Waals surface area contributed by atoms with Crippen LogP contribution >= 0.6 is 0 Å². The fourth-order valence-electron chi connectivity index (χ4n) is 2.63. The van der Waals surface area contributed by atoms with Crippen molar-refractivity contribution in [3.05, 3.63) is 60.0 Å². The number of benzene rings is 1. The number of phenolic OH excluding ortho intramolecular Hbond substituents is 1. The molecule has 2 N–H and O–H groups in total. The summed E-state index contributed by atoms with van der Waals surface area (Å²) in [7, 11) is 0. The molecule has 108 valence electrons. The van der Waals surface area contributed by atoms with Crippen molar-refractivity contribution in [3.63, 3.8) is 0 Å². The Hall–Kier alpha value is -2.33. The zero-order valence-electron chi connectivity index (χ0n) is 12.1. The van der Waals surface area contributed by atoms with Crippen LogP contribution in [0.3, 0.4) is 0 Å². The molecule has 0 aliphatic heterocycles. The molecule has 0 saturated heterocycles. The van der Waals surface area contributed by atoms with Gasteiger partial charge in [0.25, 0.3) is 0 Å². The van der Waals surface area contributed by atoms with Crippen molar-refractivity contribution in [2.24, 2.45) is 0 Å². The predicted octanol–water partition coefficient (Wildman–Crippen LogP) is 3.29. The summed E-state index contributed by atoms with van der Waals surface area (Å²) < 4.78 is 0. The molecule has 4 nitrogen and oxygen atoms in total. The minimum atomic E-state index is 0.334. The van der Waals surface area contributed by atoms with E-state index in [4.69, 9.17) is 0 Å². The minimum absolute atomic E-state index is 0.334. The molecular formula is C17H19N3O. The van der Waals surface area contributed by atoms with Crippen LogP contribution < -0.4 is 0 Å². The number of hydrogen-bond acceptors (Lipinski definition) is 3. The number of aromatic nitrogens is 2. The quantitative estimate of drug-likeness (QED) is 0.754. The van der Waals surface area contributed by atoms with E-state index in [1.165, 1.54) is 5.56 Å². The lowest BCUT2D eigenvalue weighted by atomic mass is 10.1. The van der Waals surface area contributed by atoms with Crippen LogP contribution in [0.15, 0.2) is 48.9 Å². The van der Waals surface area contributed by atoms with E-state index < -0.39 is 0 Å². The lowest BCUT2D eigenvalue weighted by Crippen LogP contribution is -2.22. The molecule has 0 spiro atoms. The number of hydrogen-bond donors (Lipinski definition) is 2. The first-order chi connectivity index (χ1) is 10.3. The summed E-state index contributed by atoms with van der Waals surface area (Å²) >= 11 is 0. The maximum absolute atomic E-state index is 10.1. The second kappa shape index (κ2) is 5.97. The first-order valence-corrected chi connectivity index (χ1v) is 7.17. The van der Waals surface area contributed by atoms with Crippen molar-refractivity contribution >= 4 is 10.9 Å². The van der Waals surface area contributed by atoms with Gasteiger partial charge in [0.1, 0.15) is 5.75 Å². The van der Waals surface area contributed by atoms with E-state index in [9.17, 15) is 5.11 Å². The lowest BCUT2D eigenvalue weighted by molar-refractivity contribution is 0.272. The highest BCUT2D eigenvalue weighted by atomic mass is 16.3. The predicted molar refractivity (Wildman–Crippen MR) is 84.0 cm³/mol. The molecule has 21 heavy (non-hydrogen) atoms. The van der Waals surface area contributed by atoms with Gasteiger partial charge in [0.2, 0.25) is 0 Å². The average molecular weight is 281 g/mol. The van der Waals surface area contributed by atoms with Crippen LogP contribution in [0, 0.1) is 0 Å². The number of phenols is 1. The Bertz CT molecular complexity index is 721. The number of H-pyrrole nitrogens is 1. The first-order valence-electron chi connectivity index (χ1n) is 7.17. The van der Waals surface area contributed by atoms with E-state index in [2.05, 4.69) is 27.9 Å². The van der Waals surface area contributed by atoms with Crippen LogP contribution in [0.2, 0.25) is 0 Å². The summed E-state index contributed by atoms with van der Waals surface area (Å²) in [5, 5.41) is 11.0. The Balaban J connectivity index is 1.83. The molecular weight excluding hydrogens is 262 g/mol. The number of pyridine rings is 1. The highest BCUT2D eigenvalue weighted by Gasteiger charge is 2.11. The molecule has 0 saturated carbocycles. The third-order valence-electron chi connectivity index (χ3n) is 3.74. The molecule has 0 radical (unpaired) electrons. The van der Waals surface area contributed by atoms with E-state index in [0.717, 1.165) is 36.1 Å². The third-order valence-corrected chi connectivity index (χ3v) is 3.74. The molecule has 3 rings (SSSR count). The van der Waals surface area contributed by atoms with Crippen LogP contribution in [0.5, 0.6) is 5.75 Å². The standard InChI is InChI=1S/C17H19N3O/c1-2-20(11-13-5-4-8-18-9-13)12-14-10-19-15-6-3-7-16(21)17(14)15/h3-10,19,21H,2,11-12H2,1H3. The van der Waals surface area contributed by atoms with E-state index in [1.54, 1.807) is 12.3 Å². The second-order valence-electron chi connectivity index (χ2n) is 5.18. The molecule has 4 heteroatoms. The number of rotatable bonds is 5. The van der Waals surface area contributed by atoms with Crippen molar-refractivity contribution in [1.82, 2.24) is 14.9 Å². The Kier molecular flexibility index (Phi) is 3.88. The number of fused-ring (bicyclic) bond motifs is 1. The molecule has 0 atom stereocenters. The number of nitrogens with zero attached hydrogens (tertiary/aromatic N) is 2. The fourth-order valence-corrected chi connectivity index (χ4v) is 2.63. The average Bonchev–Trinajstić information content (AvgIpc) is 2.92. The number of nitrogens with one attached hydrogen (secondary N) is 1. The highest BCUT2D eigenvalue weighted by Crippen LogP contribution is 2.28. The van der Waals surface area contributed by atoms with Gasteiger partial charge in [-0.05, 0) is 35.9 Å². The molecule has 1 aromatic carbocycles. The van der Waals surface area contributed by atoms with Gasteiger partial charge in [-0.3, -0.25) is 9.88 Å². The van der Waals surface area contributed by atoms with E-state index in [1.807, 2.05) is 30.6 Å². The van der Waals surface area contributed by atoms with Gasteiger partial charge >= 0.3 is 0 Å². The molecule has 3 aromatic rings. The molecule has 0 amide bonds. The smallest absolute Gasteiger partial charge is 0.125 e. The monoisotopic (exact) mass is 281 g/mol. The number of aromatic hydroxyl groups is 1. The zero-order valence-corrected chi connectivity index (χ0v) is 12.1. The van der Waals surface area contributed by atoms with Crippen molar-refractivity contribution in [2.75, 3.05) is 6.54 Å². The molecule has 0 aliphatic rings. The Morgan fingerprint density at radius 2 is 2.10 bits per heavy atom. The van der Waals surface area contributed by atoms with Gasteiger partial charge in [-0.1, -0.05) is 19.1 Å². The highest BCUT2D eigenvalue weighted by molar-refractivity contribution is 5.88. The van der Waals surface area contributed by atoms with Gasteiger partial charge in [-0.25, -0.2) is 0 Å². The molecule has 0 bridgehead atoms. The van der Waals surface area contributed by atoms with Gasteiger partial charge in [0.15, 0.2) is 0 Å². The van der Waals surface area contributed by atoms with Crippen molar-refractivity contribution in [2.45, 2.75) is 20.0 Å². The molecule has 2 aromatic heterocycles. The van der Waals surface area contributed by atoms with E-state index in [0.29, 0.717) is 5.75 Å². The third kappa shape index (κ3) is 2.90. The Morgan fingerprint density at radius 1 is 1.19 bits per heavy atom. The largest absolute Gasteiger partial charge is 0.507 e. The van der Waals surface area contributed by atoms with Gasteiger partial charge in [-0.15, -0.1) is 0 Å². The summed E-state index contributed by atoms with van der Waals surface area (Å²) in [5.41, 5.74) is 3.29. The fraction of sp³-hybridized carbons (Fsp3) is 0.235. The SMILES string of the molecule is CCN(Cc1cccnc1)Cc1c[nH]c2cccc(O)c12. The molecule has 0 fully saturated rings. The van der Waals surface area contributed by atoms with Crippen LogP contribution in [-0.4, -0.2) is 26.5 Å². The lowest BCUT2D eigenvalue weighted by Gasteiger charge is -2.20. The minimum Gasteiger partial charge on any atom is -0.507 e. The first kappa shape index (κ1) is 13.6. The molecule has 0 aliphatic carbocycles. The summed E-state index contributed by atoms with van der Waals surface area (Å²) in [6.07, 6.45) is 5.67. The Labute approximate surface area is 124 Å². The van der Waals surface area contributed by atoms with Crippen LogP contribution in [0.1, 0.15) is 18.1 Å². The van der Waals surface area contributed by atoms with Crippen molar-refractivity contribution < 1.29 is 5.11 Å². The normalized spacial score (nSPS) is 11.3. The van der Waals surface area contributed by atoms with Crippen LogP contribution in [0.4, 0.5) is 0 Å². The number of aromatic amines is 1. The zero-order chi connectivity index (χ0) is 14.7. The summed E-state index contributed by atoms with van der Waals surface area (Å²) in [6, 6.07) is 9.61. The van der Waals surface area contributed by atoms with E-state index >= 15 is 0 Å². The van der Waals surface area contributed by atoms with Gasteiger partial charge in [0.05, 0.1) is 0 Å². The van der Waals surface area contributed by atoms with Crippen LogP contribution in [-0.2, 0) is 13.1 Å². The van der Waals surface area contributed by atoms with E-state index in [-0.39, 0.29) is 0 Å². The topological polar surface area (TPSA) is 52.2 Å². The van der Waals surface area contributed by atoms with Crippen LogP contribution in [0.25, 0.3) is 10.9 Å². The van der Waals surface area contributed by atoms with Gasteiger partial charge in [-0.2, -0.15) is 0 Å². The van der Waals surface area contributed by atoms with Crippen molar-refractivity contribution in [3.8, 4) is 5.75 Å².